The molecule has 0 radical (unpaired) electrons. The second-order valence-electron chi connectivity index (χ2n) is 5.15. The van der Waals surface area contributed by atoms with Crippen molar-refractivity contribution in [1.82, 2.24) is 0 Å². The first kappa shape index (κ1) is 15.5. The van der Waals surface area contributed by atoms with Crippen LogP contribution in [0.5, 0.6) is 5.75 Å². The van der Waals surface area contributed by atoms with Gasteiger partial charge in [0.25, 0.3) is 0 Å². The number of hydrogen-bond donors (Lipinski definition) is 0. The Kier molecular flexibility index (Phi) is 4.25. The van der Waals surface area contributed by atoms with Gasteiger partial charge in [0.2, 0.25) is 9.84 Å². The minimum absolute atomic E-state index is 0.0634. The van der Waals surface area contributed by atoms with Gasteiger partial charge in [-0.1, -0.05) is 18.2 Å². The lowest BCUT2D eigenvalue weighted by molar-refractivity contribution is 0.257. The quantitative estimate of drug-likeness (QED) is 0.743. The van der Waals surface area contributed by atoms with Crippen molar-refractivity contribution in [3.8, 4) is 5.75 Å². The van der Waals surface area contributed by atoms with Crippen molar-refractivity contribution < 1.29 is 17.9 Å². The molecule has 3 rings (SSSR count). The van der Waals surface area contributed by atoms with Gasteiger partial charge >= 0.3 is 0 Å². The fraction of sp³-hybridized carbons (Fsp3) is 0.250. The number of hydrogen-bond acceptors (Lipinski definition) is 4. The van der Waals surface area contributed by atoms with Crippen LogP contribution in [0.15, 0.2) is 56.7 Å². The number of epoxide rings is 1. The largest absolute Gasteiger partial charge is 0.489 e. The molecule has 1 unspecified atom stereocenters. The minimum Gasteiger partial charge on any atom is -0.489 e. The number of rotatable bonds is 5. The first-order valence-electron chi connectivity index (χ1n) is 6.83. The summed E-state index contributed by atoms with van der Waals surface area (Å²) in [5.41, 5.74) is 0.891. The number of benzene rings is 2. The minimum atomic E-state index is -3.66. The highest BCUT2D eigenvalue weighted by molar-refractivity contribution is 9.10. The smallest absolute Gasteiger partial charge is 0.211 e. The summed E-state index contributed by atoms with van der Waals surface area (Å²) in [6.45, 7) is 2.88. The van der Waals surface area contributed by atoms with E-state index in [-0.39, 0.29) is 15.9 Å². The number of sulfone groups is 1. The molecule has 0 aliphatic carbocycles. The molecule has 0 saturated carbocycles. The highest BCUT2D eigenvalue weighted by atomic mass is 79.9. The predicted octanol–water partition coefficient (Wildman–Crippen LogP) is 3.37. The van der Waals surface area contributed by atoms with Crippen LogP contribution < -0.4 is 4.74 Å². The monoisotopic (exact) mass is 382 g/mol. The van der Waals surface area contributed by atoms with E-state index in [1.807, 2.05) is 13.0 Å². The van der Waals surface area contributed by atoms with Gasteiger partial charge in [0.1, 0.15) is 23.4 Å². The molecule has 2 aromatic carbocycles. The zero-order valence-corrected chi connectivity index (χ0v) is 14.4. The molecule has 0 spiro atoms. The Labute approximate surface area is 138 Å². The third-order valence-corrected chi connectivity index (χ3v) is 6.08. The Morgan fingerprint density at radius 3 is 2.68 bits per heavy atom. The molecule has 116 valence electrons. The summed E-state index contributed by atoms with van der Waals surface area (Å²) >= 11 is 3.33. The topological polar surface area (TPSA) is 55.9 Å². The molecule has 22 heavy (non-hydrogen) atoms. The summed E-state index contributed by atoms with van der Waals surface area (Å²) in [7, 11) is -3.66. The van der Waals surface area contributed by atoms with Gasteiger partial charge in [-0.15, -0.1) is 0 Å². The molecule has 1 fully saturated rings. The van der Waals surface area contributed by atoms with Crippen molar-refractivity contribution in [2.45, 2.75) is 22.8 Å². The van der Waals surface area contributed by atoms with Crippen molar-refractivity contribution in [3.63, 3.8) is 0 Å². The maximum absolute atomic E-state index is 12.9. The van der Waals surface area contributed by atoms with Crippen molar-refractivity contribution in [2.75, 3.05) is 13.2 Å². The van der Waals surface area contributed by atoms with Gasteiger partial charge in [-0.05, 0) is 52.7 Å². The van der Waals surface area contributed by atoms with Crippen molar-refractivity contribution in [1.29, 1.82) is 0 Å². The summed E-state index contributed by atoms with van der Waals surface area (Å²) in [5.74, 6) is 0.339. The van der Waals surface area contributed by atoms with Crippen LogP contribution in [0.3, 0.4) is 0 Å². The summed E-state index contributed by atoms with van der Waals surface area (Å²) in [4.78, 5) is 0.410. The van der Waals surface area contributed by atoms with E-state index in [9.17, 15) is 8.42 Å². The van der Waals surface area contributed by atoms with Crippen LogP contribution in [0.2, 0.25) is 0 Å². The van der Waals surface area contributed by atoms with Crippen molar-refractivity contribution in [2.24, 2.45) is 0 Å². The molecule has 2 aromatic rings. The van der Waals surface area contributed by atoms with Crippen LogP contribution >= 0.6 is 15.9 Å². The third-order valence-electron chi connectivity index (χ3n) is 3.33. The molecule has 0 bridgehead atoms. The Morgan fingerprint density at radius 1 is 1.27 bits per heavy atom. The Morgan fingerprint density at radius 2 is 2.00 bits per heavy atom. The number of ether oxygens (including phenoxy) is 2. The molecule has 6 heteroatoms. The van der Waals surface area contributed by atoms with Gasteiger partial charge in [0.15, 0.2) is 0 Å². The first-order valence-corrected chi connectivity index (χ1v) is 9.11. The Bertz CT molecular complexity index is 798. The van der Waals surface area contributed by atoms with Crippen LogP contribution in [0.1, 0.15) is 5.56 Å². The van der Waals surface area contributed by atoms with Crippen LogP contribution in [-0.2, 0) is 14.6 Å². The Hall–Kier alpha value is -1.37. The molecule has 1 saturated heterocycles. The van der Waals surface area contributed by atoms with Gasteiger partial charge in [-0.2, -0.15) is 0 Å². The van der Waals surface area contributed by atoms with E-state index in [4.69, 9.17) is 9.47 Å². The number of aryl methyl sites for hydroxylation is 1. The lowest BCUT2D eigenvalue weighted by Crippen LogP contribution is -2.10. The SMILES string of the molecule is Cc1cccc(S(=O)(=O)c2c(Br)cccc2OCC2CO2)c1. The zero-order chi connectivity index (χ0) is 15.7. The second kappa shape index (κ2) is 6.02. The predicted molar refractivity (Wildman–Crippen MR) is 86.0 cm³/mol. The lowest BCUT2D eigenvalue weighted by atomic mass is 10.2. The maximum atomic E-state index is 12.9. The normalized spacial score (nSPS) is 17.3. The van der Waals surface area contributed by atoms with E-state index >= 15 is 0 Å². The van der Waals surface area contributed by atoms with Crippen LogP contribution in [-0.4, -0.2) is 27.7 Å². The summed E-state index contributed by atoms with van der Waals surface area (Å²) < 4.78 is 37.1. The molecule has 0 aromatic heterocycles. The molecule has 4 nitrogen and oxygen atoms in total. The fourth-order valence-corrected chi connectivity index (χ4v) is 4.65. The van der Waals surface area contributed by atoms with E-state index in [1.165, 1.54) is 0 Å². The average molecular weight is 383 g/mol. The Balaban J connectivity index is 2.05. The van der Waals surface area contributed by atoms with E-state index < -0.39 is 9.84 Å². The van der Waals surface area contributed by atoms with Gasteiger partial charge in [-0.3, -0.25) is 0 Å². The highest BCUT2D eigenvalue weighted by Crippen LogP contribution is 2.36. The van der Waals surface area contributed by atoms with Gasteiger partial charge in [-0.25, -0.2) is 8.42 Å². The molecular formula is C16H15BrO4S. The van der Waals surface area contributed by atoms with E-state index in [0.717, 1.165) is 5.56 Å². The van der Waals surface area contributed by atoms with Crippen LogP contribution in [0, 0.1) is 6.92 Å². The number of halogens is 1. The van der Waals surface area contributed by atoms with Crippen molar-refractivity contribution >= 4 is 25.8 Å². The summed E-state index contributed by atoms with van der Waals surface area (Å²) in [6, 6.07) is 12.0. The molecule has 0 amide bonds. The van der Waals surface area contributed by atoms with Gasteiger partial charge in [0.05, 0.1) is 11.5 Å². The summed E-state index contributed by atoms with van der Waals surface area (Å²) in [6.07, 6.45) is 0.0634. The second-order valence-corrected chi connectivity index (χ2v) is 7.89. The molecular weight excluding hydrogens is 368 g/mol. The third kappa shape index (κ3) is 3.19. The van der Waals surface area contributed by atoms with E-state index in [0.29, 0.717) is 23.4 Å². The van der Waals surface area contributed by atoms with Gasteiger partial charge < -0.3 is 9.47 Å². The fourth-order valence-electron chi connectivity index (χ4n) is 2.11. The highest BCUT2D eigenvalue weighted by Gasteiger charge is 2.28. The van der Waals surface area contributed by atoms with E-state index in [2.05, 4.69) is 15.9 Å². The lowest BCUT2D eigenvalue weighted by Gasteiger charge is -2.13. The molecule has 1 aliphatic heterocycles. The van der Waals surface area contributed by atoms with Crippen LogP contribution in [0.25, 0.3) is 0 Å². The molecule has 1 atom stereocenters. The van der Waals surface area contributed by atoms with E-state index in [1.54, 1.807) is 36.4 Å². The van der Waals surface area contributed by atoms with Gasteiger partial charge in [0, 0.05) is 4.47 Å². The maximum Gasteiger partial charge on any atom is 0.211 e. The standard InChI is InChI=1S/C16H15BrO4S/c1-11-4-2-5-13(8-11)22(18,19)16-14(17)6-3-7-15(16)21-10-12-9-20-12/h2-8,12H,9-10H2,1H3. The zero-order valence-electron chi connectivity index (χ0n) is 12.0. The average Bonchev–Trinajstić information content (AvgIpc) is 3.29. The molecule has 1 heterocycles. The summed E-state index contributed by atoms with van der Waals surface area (Å²) in [5, 5.41) is 0. The molecule has 1 aliphatic rings. The molecule has 0 N–H and O–H groups in total. The van der Waals surface area contributed by atoms with Crippen molar-refractivity contribution in [3.05, 3.63) is 52.5 Å². The first-order chi connectivity index (χ1) is 10.5. The van der Waals surface area contributed by atoms with Crippen LogP contribution in [0.4, 0.5) is 0 Å².